The van der Waals surface area contributed by atoms with Gasteiger partial charge in [0.15, 0.2) is 9.84 Å². The first kappa shape index (κ1) is 13.3. The van der Waals surface area contributed by atoms with Crippen molar-refractivity contribution >= 4 is 9.84 Å². The molecule has 18 heavy (non-hydrogen) atoms. The third-order valence-electron chi connectivity index (χ3n) is 3.17. The molecule has 0 amide bonds. The molecule has 1 aromatic rings. The summed E-state index contributed by atoms with van der Waals surface area (Å²) in [6, 6.07) is 3.01. The Bertz CT molecular complexity index is 579. The summed E-state index contributed by atoms with van der Waals surface area (Å²) in [6.45, 7) is 0. The van der Waals surface area contributed by atoms with E-state index in [0.29, 0.717) is 12.0 Å². The van der Waals surface area contributed by atoms with Crippen LogP contribution in [-0.4, -0.2) is 27.3 Å². The second-order valence-electron chi connectivity index (χ2n) is 4.88. The Morgan fingerprint density at radius 2 is 2.06 bits per heavy atom. The van der Waals surface area contributed by atoms with Crippen molar-refractivity contribution in [2.75, 3.05) is 13.4 Å². The van der Waals surface area contributed by atoms with Crippen molar-refractivity contribution in [1.29, 1.82) is 0 Å². The molecular formula is C12H16FNO3S. The fourth-order valence-corrected chi connectivity index (χ4v) is 2.91. The molecular weight excluding hydrogens is 257 g/mol. The van der Waals surface area contributed by atoms with Crippen LogP contribution in [0, 0.1) is 5.82 Å². The molecule has 4 nitrogen and oxygen atoms in total. The minimum Gasteiger partial charge on any atom is -0.495 e. The van der Waals surface area contributed by atoms with Crippen LogP contribution in [0.5, 0.6) is 5.75 Å². The topological polar surface area (TPSA) is 69.4 Å². The smallest absolute Gasteiger partial charge is 0.182 e. The number of ether oxygens (including phenoxy) is 1. The Morgan fingerprint density at radius 1 is 1.44 bits per heavy atom. The van der Waals surface area contributed by atoms with Gasteiger partial charge in [0.1, 0.15) is 16.5 Å². The monoisotopic (exact) mass is 273 g/mol. The van der Waals surface area contributed by atoms with Gasteiger partial charge in [-0.05, 0) is 30.9 Å². The Morgan fingerprint density at radius 3 is 2.50 bits per heavy atom. The Balaban J connectivity index is 2.52. The van der Waals surface area contributed by atoms with Crippen molar-refractivity contribution in [2.24, 2.45) is 5.73 Å². The van der Waals surface area contributed by atoms with E-state index in [1.807, 2.05) is 0 Å². The number of hydrogen-bond donors (Lipinski definition) is 1. The molecule has 0 aliphatic heterocycles. The molecule has 2 N–H and O–H groups in total. The molecule has 2 rings (SSSR count). The molecule has 1 aliphatic rings. The number of halogens is 1. The van der Waals surface area contributed by atoms with Crippen LogP contribution in [0.15, 0.2) is 17.0 Å². The molecule has 0 saturated heterocycles. The minimum atomic E-state index is -3.67. The van der Waals surface area contributed by atoms with Crippen LogP contribution >= 0.6 is 0 Å². The zero-order valence-electron chi connectivity index (χ0n) is 10.4. The average molecular weight is 273 g/mol. The molecule has 0 aromatic heterocycles. The van der Waals surface area contributed by atoms with Gasteiger partial charge in [0.2, 0.25) is 0 Å². The van der Waals surface area contributed by atoms with Crippen molar-refractivity contribution in [3.05, 3.63) is 23.5 Å². The number of methoxy groups -OCH3 is 1. The third kappa shape index (κ3) is 2.49. The second-order valence-corrected chi connectivity index (χ2v) is 6.83. The molecule has 0 bridgehead atoms. The standard InChI is InChI=1S/C12H16FNO3S/c1-17-9-4-3-8(7-12(14)5-6-12)10(13)11(9)18(2,15)16/h3-4H,5-7,14H2,1-2H3. The van der Waals surface area contributed by atoms with Crippen molar-refractivity contribution in [3.8, 4) is 5.75 Å². The first-order valence-corrected chi connectivity index (χ1v) is 7.50. The lowest BCUT2D eigenvalue weighted by molar-refractivity contribution is 0.393. The Hall–Kier alpha value is -1.14. The maximum absolute atomic E-state index is 14.3. The van der Waals surface area contributed by atoms with Crippen LogP contribution < -0.4 is 10.5 Å². The van der Waals surface area contributed by atoms with Gasteiger partial charge in [-0.15, -0.1) is 0 Å². The van der Waals surface area contributed by atoms with Crippen LogP contribution in [0.4, 0.5) is 4.39 Å². The fourth-order valence-electron chi connectivity index (χ4n) is 1.94. The lowest BCUT2D eigenvalue weighted by Gasteiger charge is -2.14. The van der Waals surface area contributed by atoms with Gasteiger partial charge in [0.25, 0.3) is 0 Å². The highest BCUT2D eigenvalue weighted by atomic mass is 32.2. The highest BCUT2D eigenvalue weighted by Crippen LogP contribution is 2.38. The second kappa shape index (κ2) is 4.20. The number of benzene rings is 1. The van der Waals surface area contributed by atoms with Crippen molar-refractivity contribution in [3.63, 3.8) is 0 Å². The Kier molecular flexibility index (Phi) is 3.11. The summed E-state index contributed by atoms with van der Waals surface area (Å²) >= 11 is 0. The molecule has 0 atom stereocenters. The summed E-state index contributed by atoms with van der Waals surface area (Å²) in [5.41, 5.74) is 5.89. The van der Waals surface area contributed by atoms with E-state index >= 15 is 0 Å². The van der Waals surface area contributed by atoms with Gasteiger partial charge < -0.3 is 10.5 Å². The van der Waals surface area contributed by atoms with Gasteiger partial charge >= 0.3 is 0 Å². The number of hydrogen-bond acceptors (Lipinski definition) is 4. The quantitative estimate of drug-likeness (QED) is 0.897. The van der Waals surface area contributed by atoms with E-state index in [4.69, 9.17) is 10.5 Å². The fraction of sp³-hybridized carbons (Fsp3) is 0.500. The van der Waals surface area contributed by atoms with Crippen molar-refractivity contribution in [1.82, 2.24) is 0 Å². The van der Waals surface area contributed by atoms with Gasteiger partial charge in [-0.3, -0.25) is 0 Å². The van der Waals surface area contributed by atoms with Crippen LogP contribution in [0.1, 0.15) is 18.4 Å². The molecule has 0 heterocycles. The summed E-state index contributed by atoms with van der Waals surface area (Å²) in [7, 11) is -2.36. The maximum Gasteiger partial charge on any atom is 0.182 e. The molecule has 0 spiro atoms. The number of sulfone groups is 1. The zero-order chi connectivity index (χ0) is 13.6. The van der Waals surface area contributed by atoms with Crippen molar-refractivity contribution < 1.29 is 17.5 Å². The van der Waals surface area contributed by atoms with Crippen molar-refractivity contribution in [2.45, 2.75) is 29.7 Å². The minimum absolute atomic E-state index is 0.0284. The molecule has 1 aromatic carbocycles. The summed E-state index contributed by atoms with van der Waals surface area (Å²) in [5.74, 6) is -0.714. The first-order chi connectivity index (χ1) is 8.27. The summed E-state index contributed by atoms with van der Waals surface area (Å²) in [4.78, 5) is -0.383. The average Bonchev–Trinajstić information content (AvgIpc) is 2.97. The largest absolute Gasteiger partial charge is 0.495 e. The van der Waals surface area contributed by atoms with E-state index in [2.05, 4.69) is 0 Å². The molecule has 0 radical (unpaired) electrons. The Labute approximate surface area is 106 Å². The summed E-state index contributed by atoms with van der Waals surface area (Å²) in [5, 5.41) is 0. The predicted molar refractivity (Wildman–Crippen MR) is 65.9 cm³/mol. The molecule has 1 aliphatic carbocycles. The molecule has 1 saturated carbocycles. The summed E-state index contributed by atoms with van der Waals surface area (Å²) < 4.78 is 42.4. The number of rotatable bonds is 4. The number of nitrogens with two attached hydrogens (primary N) is 1. The van der Waals surface area contributed by atoms with E-state index in [9.17, 15) is 12.8 Å². The maximum atomic E-state index is 14.3. The van der Waals surface area contributed by atoms with E-state index < -0.39 is 15.7 Å². The molecule has 1 fully saturated rings. The highest BCUT2D eigenvalue weighted by molar-refractivity contribution is 7.90. The van der Waals surface area contributed by atoms with Crippen LogP contribution in [0.2, 0.25) is 0 Å². The highest BCUT2D eigenvalue weighted by Gasteiger charge is 2.39. The van der Waals surface area contributed by atoms with Gasteiger partial charge in [-0.2, -0.15) is 0 Å². The van der Waals surface area contributed by atoms with Gasteiger partial charge in [-0.25, -0.2) is 12.8 Å². The zero-order valence-corrected chi connectivity index (χ0v) is 11.2. The van der Waals surface area contributed by atoms with Crippen LogP contribution in [0.3, 0.4) is 0 Å². The van der Waals surface area contributed by atoms with E-state index in [-0.39, 0.29) is 16.2 Å². The molecule has 0 unspecified atom stereocenters. The first-order valence-electron chi connectivity index (χ1n) is 5.61. The molecule has 6 heteroatoms. The third-order valence-corrected chi connectivity index (χ3v) is 4.29. The lowest BCUT2D eigenvalue weighted by atomic mass is 10.0. The van der Waals surface area contributed by atoms with Crippen LogP contribution in [-0.2, 0) is 16.3 Å². The molecule has 100 valence electrons. The van der Waals surface area contributed by atoms with E-state index in [1.165, 1.54) is 19.2 Å². The SMILES string of the molecule is COc1ccc(CC2(N)CC2)c(F)c1S(C)(=O)=O. The normalized spacial score (nSPS) is 17.6. The van der Waals surface area contributed by atoms with E-state index in [1.54, 1.807) is 0 Å². The lowest BCUT2D eigenvalue weighted by Crippen LogP contribution is -2.25. The van der Waals surface area contributed by atoms with E-state index in [0.717, 1.165) is 19.1 Å². The summed E-state index contributed by atoms with van der Waals surface area (Å²) in [6.07, 6.45) is 3.00. The van der Waals surface area contributed by atoms with Gasteiger partial charge in [0.05, 0.1) is 7.11 Å². The van der Waals surface area contributed by atoms with Gasteiger partial charge in [-0.1, -0.05) is 6.07 Å². The van der Waals surface area contributed by atoms with Gasteiger partial charge in [0, 0.05) is 11.8 Å². The van der Waals surface area contributed by atoms with Crippen LogP contribution in [0.25, 0.3) is 0 Å². The predicted octanol–water partition coefficient (Wildman–Crippen LogP) is 1.27.